The van der Waals surface area contributed by atoms with Crippen molar-refractivity contribution in [3.05, 3.63) is 29.3 Å². The topological polar surface area (TPSA) is 41.5 Å². The molecule has 1 atom stereocenters. The molecule has 0 aliphatic carbocycles. The first kappa shape index (κ1) is 14.0. The Labute approximate surface area is 104 Å². The van der Waals surface area contributed by atoms with Crippen LogP contribution in [0.25, 0.3) is 0 Å². The smallest absolute Gasteiger partial charge is 0.147 e. The van der Waals surface area contributed by atoms with E-state index in [0.717, 1.165) is 11.3 Å². The van der Waals surface area contributed by atoms with Crippen LogP contribution in [0.1, 0.15) is 31.9 Å². The van der Waals surface area contributed by atoms with E-state index in [-0.39, 0.29) is 18.4 Å². The van der Waals surface area contributed by atoms with E-state index >= 15 is 0 Å². The van der Waals surface area contributed by atoms with Crippen molar-refractivity contribution in [1.29, 1.82) is 0 Å². The fourth-order valence-electron chi connectivity index (χ4n) is 1.67. The molecule has 0 saturated carbocycles. The maximum Gasteiger partial charge on any atom is 0.147 e. The van der Waals surface area contributed by atoms with Crippen LogP contribution in [0, 0.1) is 13.8 Å². The summed E-state index contributed by atoms with van der Waals surface area (Å²) in [7, 11) is 0. The lowest BCUT2D eigenvalue weighted by molar-refractivity contribution is 0.102. The summed E-state index contributed by atoms with van der Waals surface area (Å²) in [6.07, 6.45) is -0.141. The second kappa shape index (κ2) is 5.52. The summed E-state index contributed by atoms with van der Waals surface area (Å²) in [5, 5.41) is 12.4. The van der Waals surface area contributed by atoms with Gasteiger partial charge in [0.05, 0.1) is 6.61 Å². The van der Waals surface area contributed by atoms with E-state index in [2.05, 4.69) is 25.2 Å². The average molecular weight is 237 g/mol. The molecular weight excluding hydrogens is 214 g/mol. The third-order valence-corrected chi connectivity index (χ3v) is 2.85. The molecule has 0 aliphatic heterocycles. The molecule has 0 heterocycles. The lowest BCUT2D eigenvalue weighted by Gasteiger charge is -2.29. The van der Waals surface area contributed by atoms with Gasteiger partial charge in [-0.25, -0.2) is 0 Å². The van der Waals surface area contributed by atoms with E-state index in [1.54, 1.807) is 0 Å². The maximum atomic E-state index is 9.19. The highest BCUT2D eigenvalue weighted by molar-refractivity contribution is 5.38. The Hall–Kier alpha value is -1.06. The third-order valence-electron chi connectivity index (χ3n) is 2.85. The summed E-state index contributed by atoms with van der Waals surface area (Å²) >= 11 is 0. The van der Waals surface area contributed by atoms with Gasteiger partial charge in [0.1, 0.15) is 12.0 Å². The van der Waals surface area contributed by atoms with Crippen LogP contribution in [-0.2, 0) is 0 Å². The van der Waals surface area contributed by atoms with Crippen molar-refractivity contribution in [3.8, 4) is 5.75 Å². The third kappa shape index (κ3) is 4.02. The lowest BCUT2D eigenvalue weighted by Crippen LogP contribution is -2.49. The van der Waals surface area contributed by atoms with Crippen LogP contribution in [0.5, 0.6) is 5.75 Å². The second-order valence-corrected chi connectivity index (χ2v) is 5.14. The molecule has 0 fully saturated rings. The molecule has 0 aliphatic rings. The molecule has 1 aromatic rings. The Kier molecular flexibility index (Phi) is 4.54. The Balaban J connectivity index is 2.68. The van der Waals surface area contributed by atoms with Gasteiger partial charge in [-0.15, -0.1) is 0 Å². The number of ether oxygens (including phenoxy) is 1. The summed E-state index contributed by atoms with van der Waals surface area (Å²) in [5.41, 5.74) is 2.04. The fraction of sp³-hybridized carbons (Fsp3) is 0.571. The number of aryl methyl sites for hydroxylation is 1. The van der Waals surface area contributed by atoms with Gasteiger partial charge in [-0.3, -0.25) is 5.32 Å². The quantitative estimate of drug-likeness (QED) is 0.773. The van der Waals surface area contributed by atoms with Crippen LogP contribution in [0.2, 0.25) is 0 Å². The van der Waals surface area contributed by atoms with Gasteiger partial charge in [0.2, 0.25) is 0 Å². The van der Waals surface area contributed by atoms with E-state index in [4.69, 9.17) is 4.74 Å². The lowest BCUT2D eigenvalue weighted by atomic mass is 10.1. The first-order valence-corrected chi connectivity index (χ1v) is 5.97. The minimum atomic E-state index is -0.336. The van der Waals surface area contributed by atoms with E-state index < -0.39 is 0 Å². The predicted octanol–water partition coefficient (Wildman–Crippen LogP) is 2.39. The number of aliphatic hydroxyl groups is 1. The summed E-state index contributed by atoms with van der Waals surface area (Å²) in [6, 6.07) is 6.02. The van der Waals surface area contributed by atoms with Crippen LogP contribution in [0.3, 0.4) is 0 Å². The van der Waals surface area contributed by atoms with Crippen LogP contribution in [0.4, 0.5) is 0 Å². The molecule has 0 bridgehead atoms. The average Bonchev–Trinajstić information content (AvgIpc) is 2.24. The number of hydrogen-bond donors (Lipinski definition) is 2. The monoisotopic (exact) mass is 237 g/mol. The highest BCUT2D eigenvalue weighted by Crippen LogP contribution is 2.21. The number of benzene rings is 1. The zero-order valence-electron chi connectivity index (χ0n) is 11.4. The van der Waals surface area contributed by atoms with Crippen LogP contribution in [-0.4, -0.2) is 23.5 Å². The predicted molar refractivity (Wildman–Crippen MR) is 70.3 cm³/mol. The number of nitrogens with one attached hydrogen (secondary N) is 1. The summed E-state index contributed by atoms with van der Waals surface area (Å²) in [5.74, 6) is 0.888. The van der Waals surface area contributed by atoms with E-state index in [1.165, 1.54) is 5.56 Å². The van der Waals surface area contributed by atoms with E-state index in [9.17, 15) is 5.11 Å². The Morgan fingerprint density at radius 2 is 2.00 bits per heavy atom. The Morgan fingerprint density at radius 1 is 1.35 bits per heavy atom. The number of aliphatic hydroxyl groups excluding tert-OH is 1. The zero-order valence-corrected chi connectivity index (χ0v) is 11.4. The molecular formula is C14H23NO2. The molecule has 0 spiro atoms. The van der Waals surface area contributed by atoms with Crippen molar-refractivity contribution in [1.82, 2.24) is 5.32 Å². The molecule has 0 aromatic heterocycles. The van der Waals surface area contributed by atoms with Crippen molar-refractivity contribution >= 4 is 0 Å². The van der Waals surface area contributed by atoms with Crippen molar-refractivity contribution in [2.45, 2.75) is 46.4 Å². The summed E-state index contributed by atoms with van der Waals surface area (Å²) < 4.78 is 5.84. The molecule has 0 saturated heterocycles. The summed E-state index contributed by atoms with van der Waals surface area (Å²) in [4.78, 5) is 0. The minimum Gasteiger partial charge on any atom is -0.475 e. The number of hydrogen-bond acceptors (Lipinski definition) is 3. The highest BCUT2D eigenvalue weighted by Gasteiger charge is 2.19. The van der Waals surface area contributed by atoms with Crippen LogP contribution in [0.15, 0.2) is 18.2 Å². The summed E-state index contributed by atoms with van der Waals surface area (Å²) in [6.45, 7) is 10.0. The standard InChI is InChI=1S/C14H23NO2/c1-10-7-6-8-13(11(10)2)17-12(3)15-14(4,5)9-16/h6-8,12,15-16H,9H2,1-5H3. The van der Waals surface area contributed by atoms with E-state index in [0.29, 0.717) is 0 Å². The van der Waals surface area contributed by atoms with Gasteiger partial charge in [-0.05, 0) is 51.8 Å². The molecule has 0 radical (unpaired) electrons. The second-order valence-electron chi connectivity index (χ2n) is 5.14. The van der Waals surface area contributed by atoms with Gasteiger partial charge in [-0.1, -0.05) is 12.1 Å². The molecule has 1 unspecified atom stereocenters. The first-order valence-electron chi connectivity index (χ1n) is 5.97. The van der Waals surface area contributed by atoms with Gasteiger partial charge in [0, 0.05) is 5.54 Å². The maximum absolute atomic E-state index is 9.19. The van der Waals surface area contributed by atoms with Crippen molar-refractivity contribution in [3.63, 3.8) is 0 Å². The van der Waals surface area contributed by atoms with E-state index in [1.807, 2.05) is 32.9 Å². The fourth-order valence-corrected chi connectivity index (χ4v) is 1.67. The first-order chi connectivity index (χ1) is 7.85. The SMILES string of the molecule is Cc1cccc(OC(C)NC(C)(C)CO)c1C. The molecule has 1 rings (SSSR count). The number of rotatable bonds is 5. The zero-order chi connectivity index (χ0) is 13.1. The molecule has 17 heavy (non-hydrogen) atoms. The minimum absolute atomic E-state index is 0.0769. The van der Waals surface area contributed by atoms with Crippen LogP contribution < -0.4 is 10.1 Å². The highest BCUT2D eigenvalue weighted by atomic mass is 16.5. The molecule has 3 nitrogen and oxygen atoms in total. The van der Waals surface area contributed by atoms with Crippen LogP contribution >= 0.6 is 0 Å². The van der Waals surface area contributed by atoms with Gasteiger partial charge in [-0.2, -0.15) is 0 Å². The largest absolute Gasteiger partial charge is 0.475 e. The normalized spacial score (nSPS) is 13.5. The molecule has 96 valence electrons. The molecule has 3 heteroatoms. The van der Waals surface area contributed by atoms with Gasteiger partial charge in [0.25, 0.3) is 0 Å². The van der Waals surface area contributed by atoms with Crippen molar-refractivity contribution in [2.24, 2.45) is 0 Å². The Bertz CT molecular complexity index is 374. The molecule has 1 aromatic carbocycles. The Morgan fingerprint density at radius 3 is 2.59 bits per heavy atom. The van der Waals surface area contributed by atoms with Gasteiger partial charge in [0.15, 0.2) is 0 Å². The van der Waals surface area contributed by atoms with Crippen molar-refractivity contribution < 1.29 is 9.84 Å². The molecule has 2 N–H and O–H groups in total. The van der Waals surface area contributed by atoms with Crippen molar-refractivity contribution in [2.75, 3.05) is 6.61 Å². The van der Waals surface area contributed by atoms with Gasteiger partial charge >= 0.3 is 0 Å². The molecule has 0 amide bonds. The van der Waals surface area contributed by atoms with Gasteiger partial charge < -0.3 is 9.84 Å².